The molecule has 1 aliphatic carbocycles. The van der Waals surface area contributed by atoms with Crippen LogP contribution in [0.1, 0.15) is 30.5 Å². The maximum absolute atomic E-state index is 12.6. The van der Waals surface area contributed by atoms with Crippen LogP contribution in [0.3, 0.4) is 0 Å². The van der Waals surface area contributed by atoms with Gasteiger partial charge in [-0.15, -0.1) is 0 Å². The summed E-state index contributed by atoms with van der Waals surface area (Å²) in [7, 11) is -1.23. The molecule has 7 heteroatoms. The Kier molecular flexibility index (Phi) is 5.73. The van der Waals surface area contributed by atoms with Crippen molar-refractivity contribution in [2.24, 2.45) is 0 Å². The number of fused-ring (bicyclic) bond motifs is 1. The zero-order valence-electron chi connectivity index (χ0n) is 18.5. The number of amides is 2. The number of benzene rings is 2. The molecule has 0 spiro atoms. The highest BCUT2D eigenvalue weighted by atomic mass is 32.2. The molecule has 166 valence electrons. The third kappa shape index (κ3) is 4.56. The van der Waals surface area contributed by atoms with Gasteiger partial charge in [0.25, 0.3) is 0 Å². The van der Waals surface area contributed by atoms with E-state index in [-0.39, 0.29) is 36.0 Å². The van der Waals surface area contributed by atoms with Gasteiger partial charge in [0.05, 0.1) is 11.5 Å². The van der Waals surface area contributed by atoms with E-state index >= 15 is 0 Å². The minimum absolute atomic E-state index is 0.0499. The molecule has 1 aliphatic heterocycles. The molecule has 1 fully saturated rings. The second-order valence-corrected chi connectivity index (χ2v) is 11.6. The molecule has 1 heterocycles. The first-order chi connectivity index (χ1) is 14.7. The molecule has 31 heavy (non-hydrogen) atoms. The van der Waals surface area contributed by atoms with Crippen LogP contribution in [0.5, 0.6) is 0 Å². The first-order valence-corrected chi connectivity index (χ1v) is 12.6. The van der Waals surface area contributed by atoms with Crippen LogP contribution in [0.2, 0.25) is 0 Å². The third-order valence-electron chi connectivity index (χ3n) is 6.66. The molecule has 1 atom stereocenters. The first kappa shape index (κ1) is 21.7. The SMILES string of the molecule is CN(Cc1ccc(NC2Cc3ccccc3C2(C)C)cc1)C(=O)N1CCS(=O)(=O)CC1. The summed E-state index contributed by atoms with van der Waals surface area (Å²) in [5.74, 6) is 0.0999. The number of anilines is 1. The summed E-state index contributed by atoms with van der Waals surface area (Å²) in [6, 6.07) is 17.1. The van der Waals surface area contributed by atoms with Gasteiger partial charge in [0.2, 0.25) is 0 Å². The summed E-state index contributed by atoms with van der Waals surface area (Å²) < 4.78 is 23.2. The Morgan fingerprint density at radius 2 is 1.74 bits per heavy atom. The average molecular weight is 442 g/mol. The lowest BCUT2D eigenvalue weighted by atomic mass is 9.83. The summed E-state index contributed by atoms with van der Waals surface area (Å²) in [6.45, 7) is 5.61. The first-order valence-electron chi connectivity index (χ1n) is 10.8. The van der Waals surface area contributed by atoms with Crippen LogP contribution in [-0.4, -0.2) is 61.9 Å². The minimum Gasteiger partial charge on any atom is -0.381 e. The van der Waals surface area contributed by atoms with Crippen molar-refractivity contribution in [2.45, 2.75) is 38.3 Å². The van der Waals surface area contributed by atoms with Crippen molar-refractivity contribution in [2.75, 3.05) is 37.0 Å². The predicted molar refractivity (Wildman–Crippen MR) is 124 cm³/mol. The van der Waals surface area contributed by atoms with Crippen molar-refractivity contribution in [1.29, 1.82) is 0 Å². The number of urea groups is 1. The molecule has 4 rings (SSSR count). The van der Waals surface area contributed by atoms with Gasteiger partial charge < -0.3 is 15.1 Å². The fourth-order valence-electron chi connectivity index (χ4n) is 4.62. The molecule has 2 aromatic rings. The van der Waals surface area contributed by atoms with Crippen LogP contribution in [-0.2, 0) is 28.2 Å². The molecule has 1 saturated heterocycles. The van der Waals surface area contributed by atoms with E-state index in [1.165, 1.54) is 11.1 Å². The number of nitrogens with zero attached hydrogens (tertiary/aromatic N) is 2. The van der Waals surface area contributed by atoms with Crippen molar-refractivity contribution in [1.82, 2.24) is 9.80 Å². The van der Waals surface area contributed by atoms with Crippen LogP contribution in [0.4, 0.5) is 10.5 Å². The molecule has 0 aromatic heterocycles. The number of nitrogens with one attached hydrogen (secondary N) is 1. The van der Waals surface area contributed by atoms with Crippen molar-refractivity contribution >= 4 is 21.6 Å². The van der Waals surface area contributed by atoms with Gasteiger partial charge in [0, 0.05) is 43.8 Å². The molecule has 6 nitrogen and oxygen atoms in total. The molecular weight excluding hydrogens is 410 g/mol. The van der Waals surface area contributed by atoms with Gasteiger partial charge in [-0.05, 0) is 35.2 Å². The Balaban J connectivity index is 1.35. The topological polar surface area (TPSA) is 69.7 Å². The minimum atomic E-state index is -2.99. The zero-order valence-corrected chi connectivity index (χ0v) is 19.3. The van der Waals surface area contributed by atoms with Crippen molar-refractivity contribution in [3.05, 3.63) is 65.2 Å². The van der Waals surface area contributed by atoms with Crippen LogP contribution >= 0.6 is 0 Å². The zero-order chi connectivity index (χ0) is 22.2. The van der Waals surface area contributed by atoms with Crippen molar-refractivity contribution in [3.63, 3.8) is 0 Å². The second-order valence-electron chi connectivity index (χ2n) is 9.25. The molecule has 0 radical (unpaired) electrons. The Labute approximate surface area is 185 Å². The number of hydrogen-bond donors (Lipinski definition) is 1. The number of sulfone groups is 1. The van der Waals surface area contributed by atoms with Crippen LogP contribution in [0, 0.1) is 0 Å². The Morgan fingerprint density at radius 3 is 2.39 bits per heavy atom. The number of carbonyl (C=O) groups is 1. The number of hydrogen-bond acceptors (Lipinski definition) is 4. The quantitative estimate of drug-likeness (QED) is 0.791. The standard InChI is InChI=1S/C24H31N3O3S/c1-24(2)21-7-5-4-6-19(21)16-22(24)25-20-10-8-18(9-11-20)17-26(3)23(28)27-12-14-31(29,30)15-13-27/h4-11,22,25H,12-17H2,1-3H3. The van der Waals surface area contributed by atoms with E-state index in [2.05, 4.69) is 55.6 Å². The monoisotopic (exact) mass is 441 g/mol. The summed E-state index contributed by atoms with van der Waals surface area (Å²) >= 11 is 0. The van der Waals surface area contributed by atoms with E-state index in [1.807, 2.05) is 12.1 Å². The van der Waals surface area contributed by atoms with Crippen LogP contribution in [0.25, 0.3) is 0 Å². The van der Waals surface area contributed by atoms with E-state index in [0.29, 0.717) is 12.6 Å². The highest BCUT2D eigenvalue weighted by Crippen LogP contribution is 2.39. The smallest absolute Gasteiger partial charge is 0.320 e. The lowest BCUT2D eigenvalue weighted by Gasteiger charge is -2.31. The maximum Gasteiger partial charge on any atom is 0.320 e. The molecule has 2 aliphatic rings. The lowest BCUT2D eigenvalue weighted by Crippen LogP contribution is -2.48. The second kappa shape index (κ2) is 8.19. The Morgan fingerprint density at radius 1 is 1.10 bits per heavy atom. The van der Waals surface area contributed by atoms with E-state index < -0.39 is 9.84 Å². The molecule has 1 N–H and O–H groups in total. The van der Waals surface area contributed by atoms with E-state index in [4.69, 9.17) is 0 Å². The molecule has 0 bridgehead atoms. The average Bonchev–Trinajstić information content (AvgIpc) is 2.99. The lowest BCUT2D eigenvalue weighted by molar-refractivity contribution is 0.164. The van der Waals surface area contributed by atoms with E-state index in [0.717, 1.165) is 17.7 Å². The largest absolute Gasteiger partial charge is 0.381 e. The van der Waals surface area contributed by atoms with Gasteiger partial charge in [-0.1, -0.05) is 50.2 Å². The number of rotatable bonds is 4. The van der Waals surface area contributed by atoms with Crippen molar-refractivity contribution in [3.8, 4) is 0 Å². The molecule has 2 amide bonds. The van der Waals surface area contributed by atoms with E-state index in [9.17, 15) is 13.2 Å². The Bertz CT molecular complexity index is 1050. The van der Waals surface area contributed by atoms with Crippen molar-refractivity contribution < 1.29 is 13.2 Å². The summed E-state index contributed by atoms with van der Waals surface area (Å²) in [5.41, 5.74) is 5.00. The molecular formula is C24H31N3O3S. The maximum atomic E-state index is 12.6. The Hall–Kier alpha value is -2.54. The predicted octanol–water partition coefficient (Wildman–Crippen LogP) is 3.28. The van der Waals surface area contributed by atoms with Gasteiger partial charge in [0.15, 0.2) is 9.84 Å². The third-order valence-corrected chi connectivity index (χ3v) is 8.27. The van der Waals surface area contributed by atoms with Crippen LogP contribution < -0.4 is 5.32 Å². The van der Waals surface area contributed by atoms with Gasteiger partial charge in [-0.3, -0.25) is 0 Å². The number of carbonyl (C=O) groups excluding carboxylic acids is 1. The summed E-state index contributed by atoms with van der Waals surface area (Å²) in [6.07, 6.45) is 1.01. The fraction of sp³-hybridized carbons (Fsp3) is 0.458. The molecule has 0 saturated carbocycles. The van der Waals surface area contributed by atoms with Gasteiger partial charge in [0.1, 0.15) is 0 Å². The van der Waals surface area contributed by atoms with Gasteiger partial charge in [-0.25, -0.2) is 13.2 Å². The molecule has 1 unspecified atom stereocenters. The summed E-state index contributed by atoms with van der Waals surface area (Å²) in [4.78, 5) is 15.9. The molecule has 2 aromatic carbocycles. The highest BCUT2D eigenvalue weighted by molar-refractivity contribution is 7.91. The highest BCUT2D eigenvalue weighted by Gasteiger charge is 2.39. The fourth-order valence-corrected chi connectivity index (χ4v) is 5.82. The normalized spacial score (nSPS) is 21.4. The van der Waals surface area contributed by atoms with E-state index in [1.54, 1.807) is 16.8 Å². The van der Waals surface area contributed by atoms with Gasteiger partial charge in [-0.2, -0.15) is 0 Å². The van der Waals surface area contributed by atoms with Gasteiger partial charge >= 0.3 is 6.03 Å². The van der Waals surface area contributed by atoms with Crippen LogP contribution in [0.15, 0.2) is 48.5 Å². The summed E-state index contributed by atoms with van der Waals surface area (Å²) in [5, 5.41) is 3.70.